The minimum absolute atomic E-state index is 0.133. The smallest absolute Gasteiger partial charge is 0.323 e. The fourth-order valence-electron chi connectivity index (χ4n) is 2.22. The van der Waals surface area contributed by atoms with E-state index in [2.05, 4.69) is 19.8 Å². The van der Waals surface area contributed by atoms with E-state index in [0.29, 0.717) is 6.54 Å². The van der Waals surface area contributed by atoms with Gasteiger partial charge in [0.25, 0.3) is 0 Å². The van der Waals surface area contributed by atoms with Gasteiger partial charge in [0, 0.05) is 24.6 Å². The number of likely N-dealkylation sites (tertiary alicyclic amines) is 1. The SMILES string of the molecule is CCNc1snnc1CN1CCCC1C(=O)OC. The Balaban J connectivity index is 2.03. The Morgan fingerprint density at radius 1 is 1.67 bits per heavy atom. The van der Waals surface area contributed by atoms with Gasteiger partial charge in [-0.15, -0.1) is 5.10 Å². The third-order valence-corrected chi connectivity index (χ3v) is 3.81. The second kappa shape index (κ2) is 6.10. The average Bonchev–Trinajstić information content (AvgIpc) is 3.00. The summed E-state index contributed by atoms with van der Waals surface area (Å²) in [7, 11) is 1.44. The van der Waals surface area contributed by atoms with Crippen LogP contribution in [0.3, 0.4) is 0 Å². The normalized spacial score (nSPS) is 20.0. The lowest BCUT2D eigenvalue weighted by Crippen LogP contribution is -2.36. The maximum Gasteiger partial charge on any atom is 0.323 e. The minimum Gasteiger partial charge on any atom is -0.468 e. The first-order valence-corrected chi connectivity index (χ1v) is 6.90. The molecule has 18 heavy (non-hydrogen) atoms. The van der Waals surface area contributed by atoms with Gasteiger partial charge in [-0.25, -0.2) is 0 Å². The highest BCUT2D eigenvalue weighted by atomic mass is 32.1. The maximum absolute atomic E-state index is 11.7. The number of hydrogen-bond donors (Lipinski definition) is 1. The van der Waals surface area contributed by atoms with Crippen LogP contribution in [0.25, 0.3) is 0 Å². The van der Waals surface area contributed by atoms with Crippen molar-refractivity contribution in [1.29, 1.82) is 0 Å². The second-order valence-corrected chi connectivity index (χ2v) is 4.98. The zero-order chi connectivity index (χ0) is 13.0. The topological polar surface area (TPSA) is 67.4 Å². The number of carbonyl (C=O) groups excluding carboxylic acids is 1. The van der Waals surface area contributed by atoms with Crippen LogP contribution >= 0.6 is 11.5 Å². The van der Waals surface area contributed by atoms with Gasteiger partial charge in [-0.2, -0.15) is 0 Å². The Morgan fingerprint density at radius 3 is 3.22 bits per heavy atom. The number of aromatic nitrogens is 2. The van der Waals surface area contributed by atoms with Gasteiger partial charge in [0.15, 0.2) is 0 Å². The van der Waals surface area contributed by atoms with Gasteiger partial charge in [0.1, 0.15) is 16.7 Å². The summed E-state index contributed by atoms with van der Waals surface area (Å²) < 4.78 is 8.79. The molecule has 7 heteroatoms. The summed E-state index contributed by atoms with van der Waals surface area (Å²) >= 11 is 1.36. The Bertz CT molecular complexity index is 410. The monoisotopic (exact) mass is 270 g/mol. The predicted octanol–water partition coefficient (Wildman–Crippen LogP) is 1.11. The highest BCUT2D eigenvalue weighted by Gasteiger charge is 2.32. The van der Waals surface area contributed by atoms with Crippen LogP contribution in [0, 0.1) is 0 Å². The summed E-state index contributed by atoms with van der Waals surface area (Å²) in [6, 6.07) is -0.133. The molecule has 0 saturated carbocycles. The van der Waals surface area contributed by atoms with E-state index in [-0.39, 0.29) is 12.0 Å². The molecule has 0 radical (unpaired) electrons. The minimum atomic E-state index is -0.152. The van der Waals surface area contributed by atoms with Crippen LogP contribution in [0.2, 0.25) is 0 Å². The molecule has 1 unspecified atom stereocenters. The van der Waals surface area contributed by atoms with Crippen molar-refractivity contribution in [3.05, 3.63) is 5.69 Å². The van der Waals surface area contributed by atoms with Crippen molar-refractivity contribution in [2.24, 2.45) is 0 Å². The van der Waals surface area contributed by atoms with E-state index in [4.69, 9.17) is 4.74 Å². The van der Waals surface area contributed by atoms with Crippen molar-refractivity contribution in [2.75, 3.05) is 25.5 Å². The van der Waals surface area contributed by atoms with Gasteiger partial charge in [-0.3, -0.25) is 9.69 Å². The maximum atomic E-state index is 11.7. The van der Waals surface area contributed by atoms with Crippen molar-refractivity contribution in [1.82, 2.24) is 14.5 Å². The molecule has 1 atom stereocenters. The van der Waals surface area contributed by atoms with Gasteiger partial charge >= 0.3 is 5.97 Å². The molecule has 1 saturated heterocycles. The highest BCUT2D eigenvalue weighted by molar-refractivity contribution is 7.10. The lowest BCUT2D eigenvalue weighted by Gasteiger charge is -2.21. The molecule has 1 N–H and O–H groups in total. The lowest BCUT2D eigenvalue weighted by atomic mass is 10.2. The van der Waals surface area contributed by atoms with Crippen LogP contribution < -0.4 is 5.32 Å². The Labute approximate surface area is 110 Å². The van der Waals surface area contributed by atoms with E-state index in [1.165, 1.54) is 18.6 Å². The van der Waals surface area contributed by atoms with E-state index in [9.17, 15) is 4.79 Å². The fraction of sp³-hybridized carbons (Fsp3) is 0.727. The summed E-state index contributed by atoms with van der Waals surface area (Å²) in [5.74, 6) is -0.152. The summed E-state index contributed by atoms with van der Waals surface area (Å²) in [5, 5.41) is 8.36. The number of hydrogen-bond acceptors (Lipinski definition) is 7. The number of rotatable bonds is 5. The van der Waals surface area contributed by atoms with E-state index in [1.807, 2.05) is 6.92 Å². The highest BCUT2D eigenvalue weighted by Crippen LogP contribution is 2.24. The largest absolute Gasteiger partial charge is 0.468 e. The number of nitrogens with one attached hydrogen (secondary N) is 1. The van der Waals surface area contributed by atoms with Crippen molar-refractivity contribution in [3.8, 4) is 0 Å². The summed E-state index contributed by atoms with van der Waals surface area (Å²) in [6.45, 7) is 4.44. The van der Waals surface area contributed by atoms with Crippen LogP contribution in [0.15, 0.2) is 0 Å². The number of esters is 1. The van der Waals surface area contributed by atoms with Crippen molar-refractivity contribution >= 4 is 22.5 Å². The molecule has 1 aliphatic rings. The number of carbonyl (C=O) groups is 1. The molecule has 1 aromatic rings. The van der Waals surface area contributed by atoms with Crippen LogP contribution in [-0.2, 0) is 16.1 Å². The molecule has 1 aliphatic heterocycles. The predicted molar refractivity (Wildman–Crippen MR) is 69.5 cm³/mol. The number of methoxy groups -OCH3 is 1. The standard InChI is InChI=1S/C11H18N4O2S/c1-3-12-10-8(13-14-18-10)7-15-6-4-5-9(15)11(16)17-2/h9,12H,3-7H2,1-2H3. The molecule has 2 heterocycles. The molecular formula is C11H18N4O2S. The molecule has 1 aromatic heterocycles. The first-order chi connectivity index (χ1) is 8.76. The van der Waals surface area contributed by atoms with Crippen molar-refractivity contribution < 1.29 is 9.53 Å². The zero-order valence-electron chi connectivity index (χ0n) is 10.7. The molecule has 0 spiro atoms. The Kier molecular flexibility index (Phi) is 4.48. The van der Waals surface area contributed by atoms with Gasteiger partial charge < -0.3 is 10.1 Å². The average molecular weight is 270 g/mol. The van der Waals surface area contributed by atoms with E-state index >= 15 is 0 Å². The summed E-state index contributed by atoms with van der Waals surface area (Å²) in [5.41, 5.74) is 0.914. The van der Waals surface area contributed by atoms with E-state index in [1.54, 1.807) is 0 Å². The van der Waals surface area contributed by atoms with Crippen LogP contribution in [0.1, 0.15) is 25.5 Å². The summed E-state index contributed by atoms with van der Waals surface area (Å²) in [6.07, 6.45) is 1.88. The van der Waals surface area contributed by atoms with Crippen molar-refractivity contribution in [2.45, 2.75) is 32.4 Å². The van der Waals surface area contributed by atoms with E-state index < -0.39 is 0 Å². The molecule has 100 valence electrons. The quantitative estimate of drug-likeness (QED) is 0.808. The summed E-state index contributed by atoms with van der Waals surface area (Å²) in [4.78, 5) is 13.8. The molecule has 0 aromatic carbocycles. The number of ether oxygens (including phenoxy) is 1. The van der Waals surface area contributed by atoms with Crippen LogP contribution in [-0.4, -0.2) is 46.7 Å². The Morgan fingerprint density at radius 2 is 2.50 bits per heavy atom. The molecular weight excluding hydrogens is 252 g/mol. The van der Waals surface area contributed by atoms with E-state index in [0.717, 1.165) is 36.6 Å². The van der Waals surface area contributed by atoms with Gasteiger partial charge in [0.2, 0.25) is 0 Å². The van der Waals surface area contributed by atoms with Gasteiger partial charge in [-0.1, -0.05) is 4.49 Å². The second-order valence-electron chi connectivity index (χ2n) is 4.23. The zero-order valence-corrected chi connectivity index (χ0v) is 11.5. The first-order valence-electron chi connectivity index (χ1n) is 6.13. The fourth-order valence-corrected chi connectivity index (χ4v) is 2.86. The molecule has 0 bridgehead atoms. The number of anilines is 1. The van der Waals surface area contributed by atoms with Crippen LogP contribution in [0.5, 0.6) is 0 Å². The molecule has 6 nitrogen and oxygen atoms in total. The molecule has 1 fully saturated rings. The van der Waals surface area contributed by atoms with Crippen molar-refractivity contribution in [3.63, 3.8) is 0 Å². The molecule has 0 aliphatic carbocycles. The third kappa shape index (κ3) is 2.78. The lowest BCUT2D eigenvalue weighted by molar-refractivity contribution is -0.146. The van der Waals surface area contributed by atoms with Crippen LogP contribution in [0.4, 0.5) is 5.00 Å². The van der Waals surface area contributed by atoms with Gasteiger partial charge in [-0.05, 0) is 26.3 Å². The Hall–Kier alpha value is -1.21. The third-order valence-electron chi connectivity index (χ3n) is 3.08. The molecule has 0 amide bonds. The number of nitrogens with zero attached hydrogens (tertiary/aromatic N) is 3. The molecule has 2 rings (SSSR count). The first kappa shape index (κ1) is 13.2. The van der Waals surface area contributed by atoms with Gasteiger partial charge in [0.05, 0.1) is 7.11 Å².